The number of rotatable bonds is 5. The van der Waals surface area contributed by atoms with Crippen LogP contribution in [0.5, 0.6) is 5.75 Å². The molecule has 94 valence electrons. The Bertz CT molecular complexity index is 511. The van der Waals surface area contributed by atoms with E-state index in [9.17, 15) is 4.79 Å². The van der Waals surface area contributed by atoms with Crippen LogP contribution in [0, 0.1) is 0 Å². The Labute approximate surface area is 113 Å². The van der Waals surface area contributed by atoms with Crippen LogP contribution in [0.2, 0.25) is 0 Å². The average Bonchev–Trinajstić information content (AvgIpc) is 2.91. The van der Waals surface area contributed by atoms with Crippen molar-refractivity contribution in [1.29, 1.82) is 0 Å². The summed E-state index contributed by atoms with van der Waals surface area (Å²) in [6.45, 7) is 1.87. The van der Waals surface area contributed by atoms with Crippen LogP contribution in [-0.4, -0.2) is 28.3 Å². The lowest BCUT2D eigenvalue weighted by Gasteiger charge is -2.08. The van der Waals surface area contributed by atoms with Crippen molar-refractivity contribution in [1.82, 2.24) is 10.2 Å². The van der Waals surface area contributed by atoms with Gasteiger partial charge in [0.1, 0.15) is 11.3 Å². The second-order valence-corrected chi connectivity index (χ2v) is 5.98. The summed E-state index contributed by atoms with van der Waals surface area (Å²) in [4.78, 5) is 12.2. The number of Topliss-reactive ketones (excluding diaryl/α,β-unsaturated/α-hetero) is 1. The Balaban J connectivity index is 2.05. The fourth-order valence-corrected chi connectivity index (χ4v) is 3.11. The molecule has 1 aromatic carbocycles. The van der Waals surface area contributed by atoms with Gasteiger partial charge in [-0.05, 0) is 31.2 Å². The average molecular weight is 280 g/mol. The maximum atomic E-state index is 12.2. The molecule has 0 amide bonds. The molecule has 4 nitrogen and oxygen atoms in total. The van der Waals surface area contributed by atoms with Crippen LogP contribution in [0.4, 0.5) is 0 Å². The summed E-state index contributed by atoms with van der Waals surface area (Å²) in [5, 5.41) is 7.49. The minimum Gasteiger partial charge on any atom is -0.497 e. The standard InChI is InChI=1S/C12H12N2O2S2/c1-8(18-12-14-13-7-17-12)11(15)9-3-5-10(16-2)6-4-9/h3-8H,1-2H3/t8-/m1/s1. The molecule has 0 fully saturated rings. The van der Waals surface area contributed by atoms with E-state index in [4.69, 9.17) is 4.74 Å². The van der Waals surface area contributed by atoms with E-state index in [0.717, 1.165) is 10.1 Å². The third-order valence-electron chi connectivity index (χ3n) is 2.36. The number of carbonyl (C=O) groups excluding carboxylic acids is 1. The van der Waals surface area contributed by atoms with Crippen LogP contribution < -0.4 is 4.74 Å². The van der Waals surface area contributed by atoms with Crippen molar-refractivity contribution < 1.29 is 9.53 Å². The predicted molar refractivity (Wildman–Crippen MR) is 72.6 cm³/mol. The lowest BCUT2D eigenvalue weighted by Crippen LogP contribution is -2.13. The molecule has 0 radical (unpaired) electrons. The molecule has 18 heavy (non-hydrogen) atoms. The van der Waals surface area contributed by atoms with Crippen molar-refractivity contribution in [2.75, 3.05) is 7.11 Å². The molecule has 1 heterocycles. The van der Waals surface area contributed by atoms with Gasteiger partial charge >= 0.3 is 0 Å². The monoisotopic (exact) mass is 280 g/mol. The summed E-state index contributed by atoms with van der Waals surface area (Å²) < 4.78 is 5.87. The Morgan fingerprint density at radius 1 is 1.39 bits per heavy atom. The summed E-state index contributed by atoms with van der Waals surface area (Å²) in [5.74, 6) is 0.828. The van der Waals surface area contributed by atoms with Crippen LogP contribution >= 0.6 is 23.1 Å². The molecule has 0 aliphatic rings. The first kappa shape index (κ1) is 13.0. The second-order valence-electron chi connectivity index (χ2n) is 3.56. The smallest absolute Gasteiger partial charge is 0.175 e. The van der Waals surface area contributed by atoms with Crippen molar-refractivity contribution in [3.8, 4) is 5.75 Å². The predicted octanol–water partition coefficient (Wildman–Crippen LogP) is 2.91. The Morgan fingerprint density at radius 3 is 2.67 bits per heavy atom. The SMILES string of the molecule is COc1ccc(C(=O)[C@@H](C)Sc2nncs2)cc1. The zero-order valence-corrected chi connectivity index (χ0v) is 11.6. The number of hydrogen-bond acceptors (Lipinski definition) is 6. The molecule has 0 saturated carbocycles. The summed E-state index contributed by atoms with van der Waals surface area (Å²) in [5.41, 5.74) is 2.34. The highest BCUT2D eigenvalue weighted by Gasteiger charge is 2.17. The number of thioether (sulfide) groups is 1. The fraction of sp³-hybridized carbons (Fsp3) is 0.250. The van der Waals surface area contributed by atoms with Gasteiger partial charge in [-0.15, -0.1) is 10.2 Å². The van der Waals surface area contributed by atoms with E-state index < -0.39 is 0 Å². The minimum atomic E-state index is -0.175. The number of methoxy groups -OCH3 is 1. The lowest BCUT2D eigenvalue weighted by atomic mass is 10.1. The van der Waals surface area contributed by atoms with Gasteiger partial charge in [-0.3, -0.25) is 4.79 Å². The zero-order chi connectivity index (χ0) is 13.0. The highest BCUT2D eigenvalue weighted by atomic mass is 32.2. The number of benzene rings is 1. The molecule has 1 aromatic heterocycles. The summed E-state index contributed by atoms with van der Waals surface area (Å²) in [7, 11) is 1.60. The van der Waals surface area contributed by atoms with Crippen molar-refractivity contribution in [2.24, 2.45) is 0 Å². The van der Waals surface area contributed by atoms with E-state index in [1.807, 2.05) is 6.92 Å². The molecule has 2 aromatic rings. The van der Waals surface area contributed by atoms with Crippen molar-refractivity contribution in [3.63, 3.8) is 0 Å². The molecule has 2 rings (SSSR count). The molecule has 0 N–H and O–H groups in total. The van der Waals surface area contributed by atoms with Crippen LogP contribution in [0.15, 0.2) is 34.1 Å². The van der Waals surface area contributed by atoms with Gasteiger partial charge < -0.3 is 4.74 Å². The fourth-order valence-electron chi connectivity index (χ4n) is 1.41. The van der Waals surface area contributed by atoms with Gasteiger partial charge in [-0.25, -0.2) is 0 Å². The Kier molecular flexibility index (Phi) is 4.33. The van der Waals surface area contributed by atoms with Crippen LogP contribution in [0.25, 0.3) is 0 Å². The van der Waals surface area contributed by atoms with Gasteiger partial charge in [0.25, 0.3) is 0 Å². The summed E-state index contributed by atoms with van der Waals surface area (Å²) in [6.07, 6.45) is 0. The number of carbonyl (C=O) groups is 1. The van der Waals surface area contributed by atoms with E-state index in [1.165, 1.54) is 23.1 Å². The van der Waals surface area contributed by atoms with Gasteiger partial charge in [0.15, 0.2) is 10.1 Å². The summed E-state index contributed by atoms with van der Waals surface area (Å²) in [6, 6.07) is 7.13. The van der Waals surface area contributed by atoms with Crippen molar-refractivity contribution >= 4 is 28.9 Å². The molecule has 0 bridgehead atoms. The first-order valence-electron chi connectivity index (χ1n) is 5.32. The van der Waals surface area contributed by atoms with Crippen molar-refractivity contribution in [2.45, 2.75) is 16.5 Å². The third-order valence-corrected chi connectivity index (χ3v) is 4.27. The van der Waals surface area contributed by atoms with E-state index in [2.05, 4.69) is 10.2 Å². The summed E-state index contributed by atoms with van der Waals surface area (Å²) >= 11 is 2.87. The number of ketones is 1. The maximum absolute atomic E-state index is 12.2. The van der Waals surface area contributed by atoms with E-state index in [1.54, 1.807) is 36.9 Å². The minimum absolute atomic E-state index is 0.0813. The Hall–Kier alpha value is -1.40. The van der Waals surface area contributed by atoms with E-state index >= 15 is 0 Å². The molecule has 0 saturated heterocycles. The van der Waals surface area contributed by atoms with Gasteiger partial charge in [-0.2, -0.15) is 0 Å². The highest BCUT2D eigenvalue weighted by molar-refractivity contribution is 8.02. The number of nitrogens with zero attached hydrogens (tertiary/aromatic N) is 2. The van der Waals surface area contributed by atoms with E-state index in [-0.39, 0.29) is 11.0 Å². The van der Waals surface area contributed by atoms with Gasteiger partial charge in [-0.1, -0.05) is 23.1 Å². The molecule has 0 spiro atoms. The first-order valence-corrected chi connectivity index (χ1v) is 7.07. The molecular weight excluding hydrogens is 268 g/mol. The van der Waals surface area contributed by atoms with Crippen molar-refractivity contribution in [3.05, 3.63) is 35.3 Å². The van der Waals surface area contributed by atoms with Crippen LogP contribution in [0.1, 0.15) is 17.3 Å². The van der Waals surface area contributed by atoms with E-state index in [0.29, 0.717) is 5.56 Å². The van der Waals surface area contributed by atoms with Gasteiger partial charge in [0.2, 0.25) is 0 Å². The molecule has 0 unspecified atom stereocenters. The molecular formula is C12H12N2O2S2. The van der Waals surface area contributed by atoms with Gasteiger partial charge in [0, 0.05) is 5.56 Å². The number of hydrogen-bond donors (Lipinski definition) is 0. The lowest BCUT2D eigenvalue weighted by molar-refractivity contribution is 0.0994. The molecule has 1 atom stereocenters. The largest absolute Gasteiger partial charge is 0.497 e. The normalized spacial score (nSPS) is 12.1. The topological polar surface area (TPSA) is 52.1 Å². The van der Waals surface area contributed by atoms with Gasteiger partial charge in [0.05, 0.1) is 12.4 Å². The Morgan fingerprint density at radius 2 is 2.11 bits per heavy atom. The third kappa shape index (κ3) is 3.08. The quantitative estimate of drug-likeness (QED) is 0.622. The molecule has 0 aliphatic heterocycles. The second kappa shape index (κ2) is 5.97. The maximum Gasteiger partial charge on any atom is 0.175 e. The zero-order valence-electron chi connectivity index (χ0n) is 9.99. The van der Waals surface area contributed by atoms with Crippen LogP contribution in [-0.2, 0) is 0 Å². The van der Waals surface area contributed by atoms with Crippen LogP contribution in [0.3, 0.4) is 0 Å². The number of ether oxygens (including phenoxy) is 1. The molecule has 6 heteroatoms. The molecule has 0 aliphatic carbocycles. The number of aromatic nitrogens is 2. The first-order chi connectivity index (χ1) is 8.70. The highest BCUT2D eigenvalue weighted by Crippen LogP contribution is 2.26.